The second kappa shape index (κ2) is 8.68. The summed E-state index contributed by atoms with van der Waals surface area (Å²) in [6.45, 7) is 7.71. The van der Waals surface area contributed by atoms with E-state index in [1.165, 1.54) is 0 Å². The summed E-state index contributed by atoms with van der Waals surface area (Å²) in [7, 11) is 0. The fourth-order valence-electron chi connectivity index (χ4n) is 1.86. The molecule has 0 spiro atoms. The smallest absolute Gasteiger partial charge is 0.303 e. The van der Waals surface area contributed by atoms with E-state index in [1.54, 1.807) is 0 Å². The Morgan fingerprint density at radius 2 is 2.10 bits per heavy atom. The van der Waals surface area contributed by atoms with Crippen molar-refractivity contribution in [1.29, 1.82) is 0 Å². The van der Waals surface area contributed by atoms with E-state index in [1.807, 2.05) is 0 Å². The maximum absolute atomic E-state index is 10.5. The number of aliphatic carboxylic acids is 1. The van der Waals surface area contributed by atoms with Gasteiger partial charge in [0.25, 0.3) is 0 Å². The van der Waals surface area contributed by atoms with Gasteiger partial charge >= 0.3 is 5.97 Å². The maximum Gasteiger partial charge on any atom is 0.303 e. The highest BCUT2D eigenvalue weighted by Gasteiger charge is 2.08. The minimum Gasteiger partial charge on any atom is -0.481 e. The number of nitrogens with zero attached hydrogens (tertiary/aromatic N) is 2. The average molecular weight is 283 g/mol. The number of hydrogen-bond donors (Lipinski definition) is 2. The fraction of sp³-hybridized carbons (Fsp3) is 0.786. The molecule has 1 aromatic heterocycles. The van der Waals surface area contributed by atoms with Crippen LogP contribution in [0.1, 0.15) is 51.7 Å². The van der Waals surface area contributed by atoms with Gasteiger partial charge in [-0.2, -0.15) is 4.98 Å². The lowest BCUT2D eigenvalue weighted by molar-refractivity contribution is -0.137. The molecule has 1 atom stereocenters. The molecular formula is C14H25N3O3. The van der Waals surface area contributed by atoms with E-state index in [-0.39, 0.29) is 6.42 Å². The quantitative estimate of drug-likeness (QED) is 0.640. The summed E-state index contributed by atoms with van der Waals surface area (Å²) in [6.07, 6.45) is 2.71. The molecule has 0 saturated carbocycles. The van der Waals surface area contributed by atoms with Crippen LogP contribution in [0.3, 0.4) is 0 Å². The molecule has 0 aromatic carbocycles. The molecule has 0 fully saturated rings. The molecule has 0 bridgehead atoms. The summed E-state index contributed by atoms with van der Waals surface area (Å²) in [5.41, 5.74) is 0. The molecule has 1 unspecified atom stereocenters. The predicted octanol–water partition coefficient (Wildman–Crippen LogP) is 2.25. The summed E-state index contributed by atoms with van der Waals surface area (Å²) in [4.78, 5) is 14.8. The Morgan fingerprint density at radius 1 is 1.35 bits per heavy atom. The van der Waals surface area contributed by atoms with Gasteiger partial charge in [-0.25, -0.2) is 0 Å². The Morgan fingerprint density at radius 3 is 2.75 bits per heavy atom. The Hall–Kier alpha value is -1.43. The van der Waals surface area contributed by atoms with Crippen molar-refractivity contribution in [2.45, 2.75) is 53.0 Å². The van der Waals surface area contributed by atoms with Crippen LogP contribution in [0.15, 0.2) is 4.52 Å². The molecule has 0 radical (unpaired) electrons. The highest BCUT2D eigenvalue weighted by molar-refractivity contribution is 5.66. The van der Waals surface area contributed by atoms with Gasteiger partial charge in [-0.15, -0.1) is 0 Å². The van der Waals surface area contributed by atoms with Crippen molar-refractivity contribution in [2.24, 2.45) is 11.8 Å². The normalized spacial score (nSPS) is 12.8. The number of nitrogens with one attached hydrogen (secondary N) is 1. The van der Waals surface area contributed by atoms with Crippen molar-refractivity contribution in [3.8, 4) is 0 Å². The first kappa shape index (κ1) is 16.6. The molecular weight excluding hydrogens is 258 g/mol. The van der Waals surface area contributed by atoms with Gasteiger partial charge in [0.05, 0.1) is 6.54 Å². The van der Waals surface area contributed by atoms with Crippen LogP contribution in [-0.4, -0.2) is 27.8 Å². The molecule has 0 amide bonds. The van der Waals surface area contributed by atoms with Crippen LogP contribution in [0.5, 0.6) is 0 Å². The van der Waals surface area contributed by atoms with Gasteiger partial charge in [0.2, 0.25) is 5.89 Å². The van der Waals surface area contributed by atoms with Gasteiger partial charge in [-0.05, 0) is 31.2 Å². The zero-order valence-corrected chi connectivity index (χ0v) is 12.6. The predicted molar refractivity (Wildman–Crippen MR) is 75.2 cm³/mol. The van der Waals surface area contributed by atoms with Crippen molar-refractivity contribution in [3.05, 3.63) is 11.7 Å². The molecule has 0 aliphatic heterocycles. The molecule has 20 heavy (non-hydrogen) atoms. The summed E-state index contributed by atoms with van der Waals surface area (Å²) >= 11 is 0. The van der Waals surface area contributed by atoms with Crippen LogP contribution < -0.4 is 5.32 Å². The number of hydrogen-bond acceptors (Lipinski definition) is 5. The van der Waals surface area contributed by atoms with Crippen molar-refractivity contribution in [2.75, 3.05) is 6.54 Å². The molecule has 1 heterocycles. The monoisotopic (exact) mass is 283 g/mol. The minimum absolute atomic E-state index is 0.241. The molecule has 1 aromatic rings. The third-order valence-electron chi connectivity index (χ3n) is 3.04. The van der Waals surface area contributed by atoms with E-state index in [9.17, 15) is 4.79 Å². The zero-order chi connectivity index (χ0) is 15.0. The number of aromatic nitrogens is 2. The molecule has 114 valence electrons. The molecule has 1 rings (SSSR count). The molecule has 0 saturated heterocycles. The molecule has 6 heteroatoms. The SMILES string of the molecule is CC(C)Cc1nc(CNCCC(C)CCC(=O)O)no1. The first-order valence-corrected chi connectivity index (χ1v) is 7.21. The van der Waals surface area contributed by atoms with Crippen LogP contribution in [-0.2, 0) is 17.8 Å². The van der Waals surface area contributed by atoms with Gasteiger partial charge in [0.15, 0.2) is 5.82 Å². The number of carboxylic acids is 1. The Labute approximate surface area is 120 Å². The Balaban J connectivity index is 2.14. The summed E-state index contributed by atoms with van der Waals surface area (Å²) in [6, 6.07) is 0. The molecule has 0 aliphatic carbocycles. The van der Waals surface area contributed by atoms with E-state index in [0.717, 1.165) is 25.8 Å². The van der Waals surface area contributed by atoms with Crippen LogP contribution in [0.4, 0.5) is 0 Å². The van der Waals surface area contributed by atoms with Gasteiger partial charge in [-0.1, -0.05) is 25.9 Å². The summed E-state index contributed by atoms with van der Waals surface area (Å²) < 4.78 is 5.15. The summed E-state index contributed by atoms with van der Waals surface area (Å²) in [5, 5.41) is 15.8. The number of carbonyl (C=O) groups is 1. The fourth-order valence-corrected chi connectivity index (χ4v) is 1.86. The topological polar surface area (TPSA) is 88.2 Å². The van der Waals surface area contributed by atoms with E-state index in [2.05, 4.69) is 36.2 Å². The van der Waals surface area contributed by atoms with Gasteiger partial charge < -0.3 is 14.9 Å². The van der Waals surface area contributed by atoms with Gasteiger partial charge in [0, 0.05) is 12.8 Å². The van der Waals surface area contributed by atoms with E-state index < -0.39 is 5.97 Å². The number of rotatable bonds is 10. The third-order valence-corrected chi connectivity index (χ3v) is 3.04. The average Bonchev–Trinajstić information content (AvgIpc) is 2.79. The van der Waals surface area contributed by atoms with Crippen LogP contribution in [0.2, 0.25) is 0 Å². The summed E-state index contributed by atoms with van der Waals surface area (Å²) in [5.74, 6) is 1.55. The lowest BCUT2D eigenvalue weighted by atomic mass is 10.0. The Kier molecular flexibility index (Phi) is 7.22. The Bertz CT molecular complexity index is 404. The standard InChI is InChI=1S/C14H25N3O3/c1-10(2)8-13-16-12(17-20-13)9-15-7-6-11(3)4-5-14(18)19/h10-11,15H,4-9H2,1-3H3,(H,18,19). The van der Waals surface area contributed by atoms with Gasteiger partial charge in [-0.3, -0.25) is 4.79 Å². The highest BCUT2D eigenvalue weighted by Crippen LogP contribution is 2.09. The third kappa shape index (κ3) is 7.23. The van der Waals surface area contributed by atoms with Crippen molar-refractivity contribution >= 4 is 5.97 Å². The first-order chi connectivity index (χ1) is 9.47. The minimum atomic E-state index is -0.728. The van der Waals surface area contributed by atoms with Crippen molar-refractivity contribution in [1.82, 2.24) is 15.5 Å². The largest absolute Gasteiger partial charge is 0.481 e. The van der Waals surface area contributed by atoms with Gasteiger partial charge in [0.1, 0.15) is 0 Å². The lowest BCUT2D eigenvalue weighted by Gasteiger charge is -2.09. The molecule has 6 nitrogen and oxygen atoms in total. The van der Waals surface area contributed by atoms with Crippen LogP contribution >= 0.6 is 0 Å². The lowest BCUT2D eigenvalue weighted by Crippen LogP contribution is -2.18. The van der Waals surface area contributed by atoms with E-state index in [0.29, 0.717) is 30.1 Å². The second-order valence-corrected chi connectivity index (χ2v) is 5.71. The zero-order valence-electron chi connectivity index (χ0n) is 12.6. The van der Waals surface area contributed by atoms with Crippen LogP contribution in [0.25, 0.3) is 0 Å². The van der Waals surface area contributed by atoms with Crippen molar-refractivity contribution in [3.63, 3.8) is 0 Å². The first-order valence-electron chi connectivity index (χ1n) is 7.21. The maximum atomic E-state index is 10.5. The number of carboxylic acid groups (broad SMARTS) is 1. The molecule has 0 aliphatic rings. The van der Waals surface area contributed by atoms with Crippen LogP contribution in [0, 0.1) is 11.8 Å². The van der Waals surface area contributed by atoms with Crippen molar-refractivity contribution < 1.29 is 14.4 Å². The van der Waals surface area contributed by atoms with E-state index in [4.69, 9.17) is 9.63 Å². The van der Waals surface area contributed by atoms with E-state index >= 15 is 0 Å². The highest BCUT2D eigenvalue weighted by atomic mass is 16.5. The molecule has 2 N–H and O–H groups in total. The second-order valence-electron chi connectivity index (χ2n) is 5.71.